The fourth-order valence-corrected chi connectivity index (χ4v) is 2.79. The van der Waals surface area contributed by atoms with Crippen LogP contribution in [0.2, 0.25) is 0 Å². The number of fused-ring (bicyclic) bond motifs is 1. The van der Waals surface area contributed by atoms with E-state index in [2.05, 4.69) is 41.3 Å². The smallest absolute Gasteiger partial charge is 0.315 e. The Hall–Kier alpha value is -2.48. The fourth-order valence-electron chi connectivity index (χ4n) is 2.43. The number of azo groups is 1. The van der Waals surface area contributed by atoms with E-state index in [-0.39, 0.29) is 17.3 Å². The Morgan fingerprint density at radius 2 is 2.17 bits per heavy atom. The molecule has 2 aromatic heterocycles. The third kappa shape index (κ3) is 2.65. The van der Waals surface area contributed by atoms with E-state index in [0.717, 1.165) is 23.0 Å². The number of aromatic amines is 2. The molecule has 0 aliphatic heterocycles. The topological polar surface area (TPSA) is 106 Å². The molecule has 2 heterocycles. The average Bonchev–Trinajstić information content (AvgIpc) is 3.17. The highest BCUT2D eigenvalue weighted by molar-refractivity contribution is 9.10. The molecule has 3 aromatic rings. The lowest BCUT2D eigenvalue weighted by Gasteiger charge is -1.92. The Balaban J connectivity index is 1.63. The third-order valence-electron chi connectivity index (χ3n) is 3.79. The van der Waals surface area contributed by atoms with Gasteiger partial charge in [0.1, 0.15) is 0 Å². The van der Waals surface area contributed by atoms with Crippen LogP contribution in [0.1, 0.15) is 34.9 Å². The highest BCUT2D eigenvalue weighted by atomic mass is 79.9. The van der Waals surface area contributed by atoms with Crippen molar-refractivity contribution in [2.24, 2.45) is 10.2 Å². The van der Waals surface area contributed by atoms with Gasteiger partial charge in [-0.1, -0.05) is 15.9 Å². The zero-order valence-electron chi connectivity index (χ0n) is 11.9. The van der Waals surface area contributed by atoms with Gasteiger partial charge in [-0.15, -0.1) is 10.2 Å². The number of nitrogens with zero attached hydrogens (tertiary/aromatic N) is 3. The van der Waals surface area contributed by atoms with Crippen molar-refractivity contribution in [1.82, 2.24) is 15.2 Å². The summed E-state index contributed by atoms with van der Waals surface area (Å²) in [4.78, 5) is 14.9. The van der Waals surface area contributed by atoms with Crippen molar-refractivity contribution < 1.29 is 9.90 Å². The van der Waals surface area contributed by atoms with E-state index < -0.39 is 5.91 Å². The largest absolute Gasteiger partial charge is 0.493 e. The van der Waals surface area contributed by atoms with Gasteiger partial charge in [-0.2, -0.15) is 5.10 Å². The van der Waals surface area contributed by atoms with Crippen molar-refractivity contribution in [1.29, 1.82) is 0 Å². The van der Waals surface area contributed by atoms with Gasteiger partial charge < -0.3 is 10.1 Å². The number of hydrogen-bond donors (Lipinski definition) is 3. The van der Waals surface area contributed by atoms with Gasteiger partial charge >= 0.3 is 5.91 Å². The predicted octanol–water partition coefficient (Wildman–Crippen LogP) is 4.16. The molecule has 0 bridgehead atoms. The number of hydrogen-bond acceptors (Lipinski definition) is 4. The Bertz CT molecular complexity index is 939. The molecule has 1 aliphatic rings. The quantitative estimate of drug-likeness (QED) is 0.599. The van der Waals surface area contributed by atoms with Crippen LogP contribution < -0.4 is 0 Å². The molecule has 1 aromatic carbocycles. The van der Waals surface area contributed by atoms with Gasteiger partial charge in [-0.25, -0.2) is 0 Å². The first kappa shape index (κ1) is 14.1. The molecule has 1 amide bonds. The van der Waals surface area contributed by atoms with E-state index >= 15 is 0 Å². The van der Waals surface area contributed by atoms with Crippen LogP contribution in [0.15, 0.2) is 39.0 Å². The lowest BCUT2D eigenvalue weighted by atomic mass is 10.2. The maximum absolute atomic E-state index is 12.1. The highest BCUT2D eigenvalue weighted by Gasteiger charge is 2.26. The van der Waals surface area contributed by atoms with Gasteiger partial charge in [0.05, 0.1) is 5.52 Å². The van der Waals surface area contributed by atoms with Crippen LogP contribution >= 0.6 is 15.9 Å². The summed E-state index contributed by atoms with van der Waals surface area (Å²) in [7, 11) is 0. The van der Waals surface area contributed by atoms with Gasteiger partial charge in [-0.05, 0) is 37.1 Å². The second kappa shape index (κ2) is 5.31. The first-order valence-electron chi connectivity index (χ1n) is 7.13. The normalized spacial score (nSPS) is 14.8. The summed E-state index contributed by atoms with van der Waals surface area (Å²) in [6.45, 7) is 0. The number of rotatable bonds is 3. The lowest BCUT2D eigenvalue weighted by molar-refractivity contribution is 0.0990. The zero-order valence-corrected chi connectivity index (χ0v) is 13.5. The summed E-state index contributed by atoms with van der Waals surface area (Å²) in [5.74, 6) is -0.191. The summed E-state index contributed by atoms with van der Waals surface area (Å²) in [6.07, 6.45) is 2.24. The number of H-pyrrole nitrogens is 2. The number of aromatic hydroxyl groups is 1. The van der Waals surface area contributed by atoms with Crippen molar-refractivity contribution in [3.8, 4) is 5.88 Å². The first-order valence-corrected chi connectivity index (χ1v) is 7.92. The molecule has 0 radical (unpaired) electrons. The minimum Gasteiger partial charge on any atom is -0.493 e. The molecular formula is C15H12BrN5O2. The molecule has 7 nitrogen and oxygen atoms in total. The van der Waals surface area contributed by atoms with E-state index in [9.17, 15) is 9.90 Å². The van der Waals surface area contributed by atoms with Crippen molar-refractivity contribution in [2.75, 3.05) is 0 Å². The van der Waals surface area contributed by atoms with E-state index in [4.69, 9.17) is 0 Å². The van der Waals surface area contributed by atoms with Crippen LogP contribution in [0.4, 0.5) is 5.69 Å². The number of benzene rings is 1. The first-order chi connectivity index (χ1) is 11.1. The molecule has 4 rings (SSSR count). The maximum Gasteiger partial charge on any atom is 0.315 e. The van der Waals surface area contributed by atoms with Crippen LogP contribution in [-0.2, 0) is 0 Å². The van der Waals surface area contributed by atoms with Gasteiger partial charge in [0, 0.05) is 21.5 Å². The fraction of sp³-hybridized carbons (Fsp3) is 0.200. The van der Waals surface area contributed by atoms with E-state index in [1.165, 1.54) is 0 Å². The monoisotopic (exact) mass is 373 g/mol. The SMILES string of the molecule is O=C(N=Nc1c(O)[nH]c2ccc(Br)cc12)c1cc(C2CC2)[nH]n1. The minimum absolute atomic E-state index is 0.129. The van der Waals surface area contributed by atoms with Crippen molar-refractivity contribution in [3.63, 3.8) is 0 Å². The molecular weight excluding hydrogens is 362 g/mol. The summed E-state index contributed by atoms with van der Waals surface area (Å²) in [6, 6.07) is 7.15. The number of halogens is 1. The van der Waals surface area contributed by atoms with Gasteiger partial charge in [0.15, 0.2) is 11.4 Å². The molecule has 3 N–H and O–H groups in total. The zero-order chi connectivity index (χ0) is 16.0. The Kier molecular flexibility index (Phi) is 3.26. The molecule has 116 valence electrons. The van der Waals surface area contributed by atoms with Gasteiger partial charge in [-0.3, -0.25) is 9.89 Å². The summed E-state index contributed by atoms with van der Waals surface area (Å²) >= 11 is 3.37. The summed E-state index contributed by atoms with van der Waals surface area (Å²) < 4.78 is 0.841. The number of amides is 1. The number of aromatic nitrogens is 3. The summed E-state index contributed by atoms with van der Waals surface area (Å²) in [5, 5.41) is 25.0. The predicted molar refractivity (Wildman–Crippen MR) is 87.1 cm³/mol. The van der Waals surface area contributed by atoms with Crippen LogP contribution in [0.5, 0.6) is 5.88 Å². The van der Waals surface area contributed by atoms with E-state index in [0.29, 0.717) is 16.8 Å². The number of nitrogens with one attached hydrogen (secondary N) is 2. The molecule has 1 aliphatic carbocycles. The minimum atomic E-state index is -0.545. The Morgan fingerprint density at radius 1 is 1.35 bits per heavy atom. The molecule has 1 fully saturated rings. The second-order valence-corrected chi connectivity index (χ2v) is 6.42. The van der Waals surface area contributed by atoms with Gasteiger partial charge in [0.2, 0.25) is 5.88 Å². The lowest BCUT2D eigenvalue weighted by Crippen LogP contribution is -1.93. The molecule has 0 unspecified atom stereocenters. The molecule has 23 heavy (non-hydrogen) atoms. The number of carbonyl (C=O) groups is 1. The van der Waals surface area contributed by atoms with Gasteiger partial charge in [0.25, 0.3) is 0 Å². The maximum atomic E-state index is 12.1. The van der Waals surface area contributed by atoms with Crippen LogP contribution in [-0.4, -0.2) is 26.2 Å². The van der Waals surface area contributed by atoms with Crippen LogP contribution in [0, 0.1) is 0 Å². The van der Waals surface area contributed by atoms with Crippen molar-refractivity contribution in [3.05, 3.63) is 40.1 Å². The summed E-state index contributed by atoms with van der Waals surface area (Å²) in [5.41, 5.74) is 2.13. The molecule has 0 spiro atoms. The highest BCUT2D eigenvalue weighted by Crippen LogP contribution is 2.39. The van der Waals surface area contributed by atoms with Crippen LogP contribution in [0.3, 0.4) is 0 Å². The standard InChI is InChI=1S/C15H12BrN5O2/c16-8-3-4-10-9(5-8)13(15(23)17-10)20-21-14(22)12-6-11(18-19-12)7-1-2-7/h3-7,17,23H,1-2H2,(H,18,19). The average molecular weight is 374 g/mol. The Labute approximate surface area is 139 Å². The van der Waals surface area contributed by atoms with E-state index in [1.54, 1.807) is 18.2 Å². The number of carbonyl (C=O) groups excluding carboxylic acids is 1. The van der Waals surface area contributed by atoms with Crippen molar-refractivity contribution in [2.45, 2.75) is 18.8 Å². The third-order valence-corrected chi connectivity index (χ3v) is 4.28. The molecule has 0 atom stereocenters. The molecule has 1 saturated carbocycles. The van der Waals surface area contributed by atoms with E-state index in [1.807, 2.05) is 6.07 Å². The molecule has 8 heteroatoms. The van der Waals surface area contributed by atoms with Crippen LogP contribution in [0.25, 0.3) is 10.9 Å². The van der Waals surface area contributed by atoms with Crippen molar-refractivity contribution >= 4 is 38.4 Å². The second-order valence-electron chi connectivity index (χ2n) is 5.50. The Morgan fingerprint density at radius 3 is 2.96 bits per heavy atom. The molecule has 0 saturated heterocycles.